The van der Waals surface area contributed by atoms with Gasteiger partial charge in [-0.05, 0) is 49.4 Å². The van der Waals surface area contributed by atoms with Gasteiger partial charge < -0.3 is 10.6 Å². The fourth-order valence-corrected chi connectivity index (χ4v) is 4.37. The third-order valence-corrected chi connectivity index (χ3v) is 6.33. The number of thioether (sulfide) groups is 1. The first-order chi connectivity index (χ1) is 16.4. The second-order valence-corrected chi connectivity index (χ2v) is 8.73. The van der Waals surface area contributed by atoms with Crippen LogP contribution in [0.5, 0.6) is 0 Å². The first-order valence-electron chi connectivity index (χ1n) is 10.7. The number of carbonyl (C=O) groups is 2. The number of anilines is 1. The van der Waals surface area contributed by atoms with Crippen molar-refractivity contribution < 1.29 is 9.59 Å². The van der Waals surface area contributed by atoms with Crippen molar-refractivity contribution in [1.29, 1.82) is 0 Å². The van der Waals surface area contributed by atoms with Gasteiger partial charge in [0.05, 0.1) is 5.56 Å². The van der Waals surface area contributed by atoms with Gasteiger partial charge in [-0.1, -0.05) is 36.4 Å². The Morgan fingerprint density at radius 1 is 1.06 bits per heavy atom. The fraction of sp³-hybridized carbons (Fsp3) is 0.200. The lowest BCUT2D eigenvalue weighted by Crippen LogP contribution is -2.30. The van der Waals surface area contributed by atoms with E-state index < -0.39 is 5.56 Å². The summed E-state index contributed by atoms with van der Waals surface area (Å²) in [5, 5.41) is 9.87. The molecule has 0 fully saturated rings. The summed E-state index contributed by atoms with van der Waals surface area (Å²) in [6.45, 7) is 3.65. The van der Waals surface area contributed by atoms with E-state index >= 15 is 0 Å². The molecule has 0 unspecified atom stereocenters. The molecule has 0 radical (unpaired) electrons. The molecule has 0 bridgehead atoms. The first-order valence-corrected chi connectivity index (χ1v) is 11.9. The van der Waals surface area contributed by atoms with Crippen molar-refractivity contribution in [3.05, 3.63) is 93.7 Å². The molecule has 0 aliphatic rings. The molecule has 2 aromatic carbocycles. The maximum Gasteiger partial charge on any atom is 0.291 e. The molecule has 34 heavy (non-hydrogen) atoms. The highest BCUT2D eigenvalue weighted by Crippen LogP contribution is 2.21. The summed E-state index contributed by atoms with van der Waals surface area (Å²) in [5.74, 6) is -0.626. The Bertz CT molecular complexity index is 1430. The standard InChI is InChI=1S/C25H25N5O3S/c1-16-22(24(32)26-13-18-8-5-4-6-9-18)17(2)29-15-27-30(25(33)23(16)29)14-21(31)28-19-10-7-11-20(12-19)34-3/h4-12,15H,13-14H2,1-3H3,(H,26,32)(H,28,31). The van der Waals surface area contributed by atoms with E-state index in [1.165, 1.54) is 6.33 Å². The molecule has 174 valence electrons. The summed E-state index contributed by atoms with van der Waals surface area (Å²) in [7, 11) is 0. The number of rotatable bonds is 7. The van der Waals surface area contributed by atoms with Crippen LogP contribution in [-0.4, -0.2) is 32.3 Å². The van der Waals surface area contributed by atoms with Crippen LogP contribution in [0.1, 0.15) is 27.2 Å². The zero-order valence-electron chi connectivity index (χ0n) is 19.2. The van der Waals surface area contributed by atoms with E-state index in [1.54, 1.807) is 36.1 Å². The van der Waals surface area contributed by atoms with Crippen molar-refractivity contribution in [3.63, 3.8) is 0 Å². The minimum Gasteiger partial charge on any atom is -0.348 e. The van der Waals surface area contributed by atoms with Crippen LogP contribution in [0.25, 0.3) is 5.52 Å². The molecule has 2 amide bonds. The molecule has 0 saturated heterocycles. The number of hydrogen-bond acceptors (Lipinski definition) is 5. The molecule has 0 saturated carbocycles. The molecule has 0 aliphatic carbocycles. The van der Waals surface area contributed by atoms with Gasteiger partial charge >= 0.3 is 0 Å². The van der Waals surface area contributed by atoms with Crippen molar-refractivity contribution in [2.75, 3.05) is 11.6 Å². The summed E-state index contributed by atoms with van der Waals surface area (Å²) >= 11 is 1.57. The van der Waals surface area contributed by atoms with Crippen molar-refractivity contribution in [1.82, 2.24) is 19.5 Å². The Kier molecular flexibility index (Phi) is 6.83. The van der Waals surface area contributed by atoms with Gasteiger partial charge in [0, 0.05) is 22.8 Å². The maximum absolute atomic E-state index is 13.2. The smallest absolute Gasteiger partial charge is 0.291 e. The van der Waals surface area contributed by atoms with Gasteiger partial charge in [-0.3, -0.25) is 18.8 Å². The number of benzene rings is 2. The molecule has 0 aliphatic heterocycles. The van der Waals surface area contributed by atoms with Crippen molar-refractivity contribution in [2.45, 2.75) is 31.8 Å². The van der Waals surface area contributed by atoms with E-state index in [-0.39, 0.29) is 18.4 Å². The molecule has 9 heteroatoms. The van der Waals surface area contributed by atoms with Crippen LogP contribution >= 0.6 is 11.8 Å². The molecule has 2 N–H and O–H groups in total. The van der Waals surface area contributed by atoms with Crippen LogP contribution in [0, 0.1) is 13.8 Å². The highest BCUT2D eigenvalue weighted by atomic mass is 32.2. The molecule has 2 aromatic heterocycles. The summed E-state index contributed by atoms with van der Waals surface area (Å²) in [4.78, 5) is 39.7. The van der Waals surface area contributed by atoms with E-state index in [1.807, 2.05) is 54.8 Å². The largest absolute Gasteiger partial charge is 0.348 e. The number of carbonyl (C=O) groups excluding carboxylic acids is 2. The highest BCUT2D eigenvalue weighted by Gasteiger charge is 2.22. The molecule has 0 spiro atoms. The van der Waals surface area contributed by atoms with Crippen molar-refractivity contribution >= 4 is 34.8 Å². The Morgan fingerprint density at radius 2 is 1.82 bits per heavy atom. The SMILES string of the molecule is CSc1cccc(NC(=O)Cn2ncn3c(C)c(C(=O)NCc4ccccc4)c(C)c3c2=O)c1. The van der Waals surface area contributed by atoms with Gasteiger partial charge in [-0.2, -0.15) is 5.10 Å². The van der Waals surface area contributed by atoms with E-state index in [0.29, 0.717) is 34.6 Å². The predicted molar refractivity (Wildman–Crippen MR) is 133 cm³/mol. The van der Waals surface area contributed by atoms with E-state index in [2.05, 4.69) is 15.7 Å². The number of fused-ring (bicyclic) bond motifs is 1. The van der Waals surface area contributed by atoms with Crippen LogP contribution in [0.15, 0.2) is 70.6 Å². The molecular weight excluding hydrogens is 450 g/mol. The van der Waals surface area contributed by atoms with Crippen LogP contribution < -0.4 is 16.2 Å². The van der Waals surface area contributed by atoms with Gasteiger partial charge in [0.15, 0.2) is 0 Å². The number of aryl methyl sites for hydroxylation is 2. The van der Waals surface area contributed by atoms with Crippen LogP contribution in [0.3, 0.4) is 0 Å². The van der Waals surface area contributed by atoms with Crippen LogP contribution in [0.2, 0.25) is 0 Å². The average molecular weight is 476 g/mol. The number of amides is 2. The monoisotopic (exact) mass is 475 g/mol. The second kappa shape index (κ2) is 9.96. The fourth-order valence-electron chi connectivity index (χ4n) is 3.91. The number of nitrogens with zero attached hydrogens (tertiary/aromatic N) is 3. The van der Waals surface area contributed by atoms with Crippen molar-refractivity contribution in [3.8, 4) is 0 Å². The maximum atomic E-state index is 13.2. The van der Waals surface area contributed by atoms with Gasteiger partial charge in [-0.15, -0.1) is 11.8 Å². The predicted octanol–water partition coefficient (Wildman–Crippen LogP) is 3.40. The van der Waals surface area contributed by atoms with Crippen LogP contribution in [0.4, 0.5) is 5.69 Å². The molecule has 0 atom stereocenters. The quantitative estimate of drug-likeness (QED) is 0.399. The van der Waals surface area contributed by atoms with E-state index in [4.69, 9.17) is 0 Å². The number of nitrogens with one attached hydrogen (secondary N) is 2. The minimum absolute atomic E-state index is 0.238. The third-order valence-electron chi connectivity index (χ3n) is 5.61. The second-order valence-electron chi connectivity index (χ2n) is 7.85. The zero-order chi connectivity index (χ0) is 24.2. The Morgan fingerprint density at radius 3 is 2.56 bits per heavy atom. The first kappa shape index (κ1) is 23.3. The molecule has 4 rings (SSSR count). The lowest BCUT2D eigenvalue weighted by Gasteiger charge is -2.08. The Balaban J connectivity index is 1.57. The van der Waals surface area contributed by atoms with E-state index in [0.717, 1.165) is 15.1 Å². The van der Waals surface area contributed by atoms with E-state index in [9.17, 15) is 14.4 Å². The van der Waals surface area contributed by atoms with Crippen LogP contribution in [-0.2, 0) is 17.9 Å². The lowest BCUT2D eigenvalue weighted by atomic mass is 10.1. The number of hydrogen-bond donors (Lipinski definition) is 2. The molecule has 2 heterocycles. The Labute approximate surface area is 201 Å². The molecular formula is C25H25N5O3S. The average Bonchev–Trinajstić information content (AvgIpc) is 3.10. The summed E-state index contributed by atoms with van der Waals surface area (Å²) < 4.78 is 2.71. The van der Waals surface area contributed by atoms with Gasteiger partial charge in [-0.25, -0.2) is 4.68 Å². The normalized spacial score (nSPS) is 10.9. The van der Waals surface area contributed by atoms with Gasteiger partial charge in [0.1, 0.15) is 18.4 Å². The zero-order valence-corrected chi connectivity index (χ0v) is 20.0. The van der Waals surface area contributed by atoms with Gasteiger partial charge in [0.2, 0.25) is 5.91 Å². The summed E-state index contributed by atoms with van der Waals surface area (Å²) in [6.07, 6.45) is 3.42. The van der Waals surface area contributed by atoms with Crippen molar-refractivity contribution in [2.24, 2.45) is 0 Å². The van der Waals surface area contributed by atoms with Gasteiger partial charge in [0.25, 0.3) is 11.5 Å². The molecule has 4 aromatic rings. The lowest BCUT2D eigenvalue weighted by molar-refractivity contribution is -0.117. The Hall–Kier alpha value is -3.85. The topological polar surface area (TPSA) is 97.5 Å². The number of aromatic nitrogens is 3. The highest BCUT2D eigenvalue weighted by molar-refractivity contribution is 7.98. The minimum atomic E-state index is -0.432. The molecule has 8 nitrogen and oxygen atoms in total. The third kappa shape index (κ3) is 4.74. The summed E-state index contributed by atoms with van der Waals surface area (Å²) in [6, 6.07) is 17.1. The summed E-state index contributed by atoms with van der Waals surface area (Å²) in [5.41, 5.74) is 3.13.